The second-order valence-electron chi connectivity index (χ2n) is 5.22. The van der Waals surface area contributed by atoms with Gasteiger partial charge in [-0.3, -0.25) is 0 Å². The molecule has 0 aromatic rings. The minimum absolute atomic E-state index is 0.315. The Morgan fingerprint density at radius 2 is 1.67 bits per heavy atom. The van der Waals surface area contributed by atoms with Crippen LogP contribution in [0.25, 0.3) is 0 Å². The first-order valence-electron chi connectivity index (χ1n) is 6.35. The van der Waals surface area contributed by atoms with E-state index in [1.165, 1.54) is 32.1 Å². The normalized spacial score (nSPS) is 38.5. The summed E-state index contributed by atoms with van der Waals surface area (Å²) in [6.07, 6.45) is 8.31. The Kier molecular flexibility index (Phi) is 3.61. The molecule has 2 aliphatic carbocycles. The van der Waals surface area contributed by atoms with Crippen LogP contribution in [0, 0.1) is 29.1 Å². The van der Waals surface area contributed by atoms with Crippen molar-refractivity contribution in [3.8, 4) is 6.07 Å². The molecule has 0 heterocycles. The van der Waals surface area contributed by atoms with Crippen LogP contribution >= 0.6 is 0 Å². The highest BCUT2D eigenvalue weighted by Gasteiger charge is 2.34. The van der Waals surface area contributed by atoms with Gasteiger partial charge in [-0.05, 0) is 31.1 Å². The number of nitrogens with zero attached hydrogens (tertiary/aromatic N) is 1. The molecule has 0 spiro atoms. The molecule has 15 heavy (non-hydrogen) atoms. The van der Waals surface area contributed by atoms with E-state index >= 15 is 0 Å². The highest BCUT2D eigenvalue weighted by molar-refractivity contribution is 4.94. The maximum Gasteiger partial charge on any atom is 0.116 e. The average Bonchev–Trinajstić information content (AvgIpc) is 2.30. The van der Waals surface area contributed by atoms with Gasteiger partial charge in [-0.1, -0.05) is 32.1 Å². The molecule has 2 aliphatic rings. The minimum Gasteiger partial charge on any atom is -0.246 e. The Hall–Kier alpha value is -0.580. The summed E-state index contributed by atoms with van der Waals surface area (Å²) in [7, 11) is 0. The van der Waals surface area contributed by atoms with E-state index in [1.54, 1.807) is 0 Å². The molecule has 1 nitrogen and oxygen atoms in total. The van der Waals surface area contributed by atoms with Gasteiger partial charge in [-0.15, -0.1) is 0 Å². The molecule has 3 atom stereocenters. The van der Waals surface area contributed by atoms with E-state index in [0.717, 1.165) is 18.8 Å². The summed E-state index contributed by atoms with van der Waals surface area (Å²) in [5, 5.41) is 8.77. The van der Waals surface area contributed by atoms with Crippen LogP contribution in [0.15, 0.2) is 0 Å². The second-order valence-corrected chi connectivity index (χ2v) is 5.22. The van der Waals surface area contributed by atoms with Gasteiger partial charge in [0.05, 0.1) is 12.0 Å². The number of halogens is 1. The maximum atomic E-state index is 13.6. The van der Waals surface area contributed by atoms with Crippen molar-refractivity contribution in [1.29, 1.82) is 5.26 Å². The minimum atomic E-state index is -0.851. The van der Waals surface area contributed by atoms with Gasteiger partial charge in [0.1, 0.15) is 6.17 Å². The summed E-state index contributed by atoms with van der Waals surface area (Å²) in [6, 6.07) is 2.10. The zero-order chi connectivity index (χ0) is 10.7. The van der Waals surface area contributed by atoms with Gasteiger partial charge in [0.25, 0.3) is 0 Å². The number of hydrogen-bond acceptors (Lipinski definition) is 1. The fraction of sp³-hybridized carbons (Fsp3) is 0.923. The topological polar surface area (TPSA) is 23.8 Å². The molecular formula is C13H20FN. The van der Waals surface area contributed by atoms with E-state index in [2.05, 4.69) is 6.07 Å². The fourth-order valence-electron chi connectivity index (χ4n) is 3.32. The highest BCUT2D eigenvalue weighted by Crippen LogP contribution is 2.40. The monoisotopic (exact) mass is 209 g/mol. The zero-order valence-electron chi connectivity index (χ0n) is 9.29. The summed E-state index contributed by atoms with van der Waals surface area (Å²) in [6.45, 7) is 0. The molecule has 0 aliphatic heterocycles. The Morgan fingerprint density at radius 3 is 2.27 bits per heavy atom. The first-order chi connectivity index (χ1) is 7.31. The average molecular weight is 209 g/mol. The number of nitriles is 1. The number of rotatable bonds is 1. The Labute approximate surface area is 91.7 Å². The van der Waals surface area contributed by atoms with Crippen molar-refractivity contribution < 1.29 is 4.39 Å². The van der Waals surface area contributed by atoms with Gasteiger partial charge < -0.3 is 0 Å². The lowest BCUT2D eigenvalue weighted by atomic mass is 9.70. The van der Waals surface area contributed by atoms with E-state index in [4.69, 9.17) is 5.26 Å². The molecule has 2 saturated carbocycles. The van der Waals surface area contributed by atoms with Crippen LogP contribution in [-0.2, 0) is 0 Å². The molecular weight excluding hydrogens is 189 g/mol. The summed E-state index contributed by atoms with van der Waals surface area (Å²) in [5.74, 6) is 1.02. The second kappa shape index (κ2) is 4.96. The van der Waals surface area contributed by atoms with Crippen LogP contribution < -0.4 is 0 Å². The van der Waals surface area contributed by atoms with E-state index in [0.29, 0.717) is 12.3 Å². The van der Waals surface area contributed by atoms with E-state index in [9.17, 15) is 4.39 Å². The van der Waals surface area contributed by atoms with Crippen molar-refractivity contribution >= 4 is 0 Å². The van der Waals surface area contributed by atoms with Gasteiger partial charge in [0, 0.05) is 0 Å². The van der Waals surface area contributed by atoms with E-state index in [1.807, 2.05) is 0 Å². The lowest BCUT2D eigenvalue weighted by Gasteiger charge is -2.35. The van der Waals surface area contributed by atoms with Crippen LogP contribution in [0.1, 0.15) is 51.4 Å². The van der Waals surface area contributed by atoms with Crippen LogP contribution in [0.2, 0.25) is 0 Å². The molecule has 0 bridgehead atoms. The molecule has 0 aromatic carbocycles. The molecule has 2 rings (SSSR count). The Balaban J connectivity index is 1.87. The fourth-order valence-corrected chi connectivity index (χ4v) is 3.32. The quantitative estimate of drug-likeness (QED) is 0.643. The standard InChI is InChI=1S/C13H20FN/c14-13-8-11(6-7-12(13)9-15)10-4-2-1-3-5-10/h10-13H,1-8H2. The van der Waals surface area contributed by atoms with Crippen LogP contribution in [0.5, 0.6) is 0 Å². The predicted molar refractivity (Wildman–Crippen MR) is 57.9 cm³/mol. The van der Waals surface area contributed by atoms with Crippen molar-refractivity contribution in [3.05, 3.63) is 0 Å². The number of alkyl halides is 1. The first kappa shape index (κ1) is 10.9. The SMILES string of the molecule is N#CC1CCC(C2CCCCC2)CC1F. The zero-order valence-corrected chi connectivity index (χ0v) is 9.29. The summed E-state index contributed by atoms with van der Waals surface area (Å²) >= 11 is 0. The molecule has 2 heteroatoms. The summed E-state index contributed by atoms with van der Waals surface area (Å²) in [5.41, 5.74) is 0. The third-order valence-corrected chi connectivity index (χ3v) is 4.30. The van der Waals surface area contributed by atoms with Crippen LogP contribution in [0.3, 0.4) is 0 Å². The van der Waals surface area contributed by atoms with Crippen LogP contribution in [0.4, 0.5) is 4.39 Å². The Bertz CT molecular complexity index is 239. The first-order valence-corrected chi connectivity index (χ1v) is 6.35. The largest absolute Gasteiger partial charge is 0.246 e. The highest BCUT2D eigenvalue weighted by atomic mass is 19.1. The molecule has 0 amide bonds. The molecule has 0 radical (unpaired) electrons. The third kappa shape index (κ3) is 2.51. The number of hydrogen-bond donors (Lipinski definition) is 0. The van der Waals surface area contributed by atoms with Crippen LogP contribution in [-0.4, -0.2) is 6.17 Å². The molecule has 0 N–H and O–H groups in total. The van der Waals surface area contributed by atoms with E-state index in [-0.39, 0.29) is 5.92 Å². The smallest absolute Gasteiger partial charge is 0.116 e. The molecule has 0 saturated heterocycles. The Morgan fingerprint density at radius 1 is 0.933 bits per heavy atom. The lowest BCUT2D eigenvalue weighted by molar-refractivity contribution is 0.106. The van der Waals surface area contributed by atoms with Gasteiger partial charge in [-0.2, -0.15) is 5.26 Å². The molecule has 84 valence electrons. The van der Waals surface area contributed by atoms with Gasteiger partial charge in [-0.25, -0.2) is 4.39 Å². The van der Waals surface area contributed by atoms with Crippen molar-refractivity contribution in [1.82, 2.24) is 0 Å². The maximum absolute atomic E-state index is 13.6. The lowest BCUT2D eigenvalue weighted by Crippen LogP contribution is -2.30. The van der Waals surface area contributed by atoms with E-state index < -0.39 is 6.17 Å². The summed E-state index contributed by atoms with van der Waals surface area (Å²) in [4.78, 5) is 0. The van der Waals surface area contributed by atoms with Gasteiger partial charge in [0.2, 0.25) is 0 Å². The third-order valence-electron chi connectivity index (χ3n) is 4.30. The molecule has 0 aromatic heterocycles. The summed E-state index contributed by atoms with van der Waals surface area (Å²) < 4.78 is 13.6. The van der Waals surface area contributed by atoms with Crippen molar-refractivity contribution in [2.75, 3.05) is 0 Å². The van der Waals surface area contributed by atoms with Gasteiger partial charge in [0.15, 0.2) is 0 Å². The van der Waals surface area contributed by atoms with Crippen molar-refractivity contribution in [2.45, 2.75) is 57.5 Å². The van der Waals surface area contributed by atoms with Gasteiger partial charge >= 0.3 is 0 Å². The predicted octanol–water partition coefficient (Wildman–Crippen LogP) is 3.84. The molecule has 3 unspecified atom stereocenters. The molecule has 2 fully saturated rings. The van der Waals surface area contributed by atoms with Crippen molar-refractivity contribution in [2.24, 2.45) is 17.8 Å². The van der Waals surface area contributed by atoms with Crippen molar-refractivity contribution in [3.63, 3.8) is 0 Å².